The number of halogens is 1. The number of hydrogen-bond donors (Lipinski definition) is 0. The Kier molecular flexibility index (Phi) is 5.40. The van der Waals surface area contributed by atoms with Gasteiger partial charge >= 0.3 is 6.09 Å². The Morgan fingerprint density at radius 1 is 1.19 bits per heavy atom. The number of nitrogens with zero attached hydrogens (tertiary/aromatic N) is 5. The molecule has 1 amide bonds. The van der Waals surface area contributed by atoms with E-state index in [1.165, 1.54) is 17.2 Å². The van der Waals surface area contributed by atoms with Crippen LogP contribution in [0.5, 0.6) is 0 Å². The Hall–Kier alpha value is -3.95. The van der Waals surface area contributed by atoms with Gasteiger partial charge in [0.25, 0.3) is 0 Å². The number of hydrogen-bond acceptors (Lipinski definition) is 8. The number of carbonyl (C=O) groups excluding carboxylic acids is 1. The fourth-order valence-corrected chi connectivity index (χ4v) is 3.69. The number of benzene rings is 1. The van der Waals surface area contributed by atoms with Gasteiger partial charge in [-0.1, -0.05) is 10.3 Å². The normalized spacial score (nSPS) is 18.0. The minimum absolute atomic E-state index is 0.289. The summed E-state index contributed by atoms with van der Waals surface area (Å²) in [5, 5.41) is 7.62. The number of ether oxygens (including phenoxy) is 1. The van der Waals surface area contributed by atoms with Crippen molar-refractivity contribution in [2.75, 3.05) is 29.5 Å². The molecular weight excluding hydrogens is 417 g/mol. The molecule has 1 saturated heterocycles. The Labute approximate surface area is 183 Å². The minimum atomic E-state index is -0.486. The van der Waals surface area contributed by atoms with E-state index in [4.69, 9.17) is 14.1 Å². The van der Waals surface area contributed by atoms with Gasteiger partial charge in [-0.3, -0.25) is 4.90 Å². The minimum Gasteiger partial charge on any atom is -0.444 e. The van der Waals surface area contributed by atoms with E-state index >= 15 is 0 Å². The number of rotatable bonds is 6. The van der Waals surface area contributed by atoms with Crippen LogP contribution in [-0.2, 0) is 16.0 Å². The lowest BCUT2D eigenvalue weighted by Gasteiger charge is -2.20. The van der Waals surface area contributed by atoms with Crippen LogP contribution >= 0.6 is 0 Å². The van der Waals surface area contributed by atoms with Crippen molar-refractivity contribution in [2.45, 2.75) is 18.9 Å². The van der Waals surface area contributed by atoms with Crippen molar-refractivity contribution in [1.29, 1.82) is 0 Å². The predicted molar refractivity (Wildman–Crippen MR) is 114 cm³/mol. The number of anilines is 2. The smallest absolute Gasteiger partial charge is 0.414 e. The molecule has 1 fully saturated rings. The van der Waals surface area contributed by atoms with Gasteiger partial charge in [-0.15, -0.1) is 0 Å². The van der Waals surface area contributed by atoms with E-state index in [0.29, 0.717) is 55.2 Å². The highest BCUT2D eigenvalue weighted by Gasteiger charge is 2.32. The predicted octanol–water partition coefficient (Wildman–Crippen LogP) is 3.61. The van der Waals surface area contributed by atoms with Gasteiger partial charge in [-0.2, -0.15) is 0 Å². The van der Waals surface area contributed by atoms with Crippen molar-refractivity contribution in [2.24, 2.45) is 5.16 Å². The molecule has 0 saturated carbocycles. The van der Waals surface area contributed by atoms with E-state index in [1.54, 1.807) is 42.9 Å². The number of cyclic esters (lactones) is 1. The zero-order valence-corrected chi connectivity index (χ0v) is 17.1. The summed E-state index contributed by atoms with van der Waals surface area (Å²) in [7, 11) is 0. The Balaban J connectivity index is 1.27. The molecule has 4 heterocycles. The summed E-state index contributed by atoms with van der Waals surface area (Å²) in [5.74, 6) is 0.262. The number of aryl methyl sites for hydroxylation is 1. The number of amides is 1. The average molecular weight is 437 g/mol. The third-order valence-electron chi connectivity index (χ3n) is 5.39. The molecule has 0 bridgehead atoms. The van der Waals surface area contributed by atoms with Gasteiger partial charge in [0.05, 0.1) is 24.5 Å². The fourth-order valence-electron chi connectivity index (χ4n) is 3.69. The molecule has 5 rings (SSSR count). The molecule has 3 aromatic rings. The maximum absolute atomic E-state index is 14.9. The standard InChI is InChI=1S/C22H20FN5O4/c23-20-11-17(28-13-18(32-22(28)29)4-2-16-7-9-31-26-16)3-5-19(20)15-1-6-21(24-12-15)27-8-10-30-25-14-27/h1,3,5-7,9,11-12,14,18H,2,4,8,10,13H2/t18-/m0/s1. The molecule has 2 aliphatic rings. The number of oxime groups is 1. The van der Waals surface area contributed by atoms with Crippen LogP contribution in [0.1, 0.15) is 12.1 Å². The van der Waals surface area contributed by atoms with E-state index in [2.05, 4.69) is 15.3 Å². The largest absolute Gasteiger partial charge is 0.444 e. The highest BCUT2D eigenvalue weighted by Crippen LogP contribution is 2.30. The molecule has 32 heavy (non-hydrogen) atoms. The summed E-state index contributed by atoms with van der Waals surface area (Å²) in [4.78, 5) is 24.9. The van der Waals surface area contributed by atoms with Gasteiger partial charge < -0.3 is 19.0 Å². The van der Waals surface area contributed by atoms with Gasteiger partial charge in [0.15, 0.2) is 0 Å². The SMILES string of the molecule is O=C1O[C@@H](CCc2ccon2)CN1c1ccc(-c2ccc(N3C=NOCC3)nc2)c(F)c1. The maximum Gasteiger partial charge on any atom is 0.414 e. The number of carbonyl (C=O) groups is 1. The maximum atomic E-state index is 14.9. The van der Waals surface area contributed by atoms with Crippen molar-refractivity contribution >= 4 is 23.9 Å². The molecule has 9 nitrogen and oxygen atoms in total. The molecule has 0 N–H and O–H groups in total. The lowest BCUT2D eigenvalue weighted by atomic mass is 10.1. The quantitative estimate of drug-likeness (QED) is 0.582. The van der Waals surface area contributed by atoms with Crippen LogP contribution in [0.15, 0.2) is 58.5 Å². The zero-order chi connectivity index (χ0) is 21.9. The summed E-state index contributed by atoms with van der Waals surface area (Å²) in [6.07, 6.45) is 5.15. The summed E-state index contributed by atoms with van der Waals surface area (Å²) >= 11 is 0. The Morgan fingerprint density at radius 3 is 2.84 bits per heavy atom. The van der Waals surface area contributed by atoms with Crippen LogP contribution in [-0.4, -0.2) is 48.4 Å². The molecule has 1 atom stereocenters. The van der Waals surface area contributed by atoms with Gasteiger partial charge in [0.1, 0.15) is 36.9 Å². The zero-order valence-electron chi connectivity index (χ0n) is 17.1. The first kappa shape index (κ1) is 20.0. The average Bonchev–Trinajstić information content (AvgIpc) is 3.48. The van der Waals surface area contributed by atoms with Crippen LogP contribution in [0.2, 0.25) is 0 Å². The Bertz CT molecular complexity index is 1120. The van der Waals surface area contributed by atoms with Gasteiger partial charge in [0.2, 0.25) is 0 Å². The summed E-state index contributed by atoms with van der Waals surface area (Å²) in [6, 6.07) is 10.1. The lowest BCUT2D eigenvalue weighted by molar-refractivity contribution is 0.136. The lowest BCUT2D eigenvalue weighted by Crippen LogP contribution is -2.29. The first-order valence-electron chi connectivity index (χ1n) is 10.2. The van der Waals surface area contributed by atoms with E-state index in [-0.39, 0.29) is 6.10 Å². The van der Waals surface area contributed by atoms with E-state index in [9.17, 15) is 9.18 Å². The second-order valence-corrected chi connectivity index (χ2v) is 7.46. The van der Waals surface area contributed by atoms with Crippen LogP contribution in [0, 0.1) is 5.82 Å². The molecular formula is C22H20FN5O4. The number of pyridine rings is 1. The van der Waals surface area contributed by atoms with Crippen molar-refractivity contribution < 1.29 is 23.3 Å². The molecule has 10 heteroatoms. The van der Waals surface area contributed by atoms with Crippen LogP contribution in [0.3, 0.4) is 0 Å². The van der Waals surface area contributed by atoms with E-state index in [0.717, 1.165) is 5.69 Å². The van der Waals surface area contributed by atoms with Crippen molar-refractivity contribution in [3.05, 3.63) is 60.4 Å². The topological polar surface area (TPSA) is 93.3 Å². The third-order valence-corrected chi connectivity index (χ3v) is 5.39. The molecule has 164 valence electrons. The highest BCUT2D eigenvalue weighted by molar-refractivity contribution is 5.90. The summed E-state index contributed by atoms with van der Waals surface area (Å²) < 4.78 is 25.2. The van der Waals surface area contributed by atoms with Crippen molar-refractivity contribution in [3.8, 4) is 11.1 Å². The van der Waals surface area contributed by atoms with Crippen molar-refractivity contribution in [3.63, 3.8) is 0 Å². The molecule has 2 aliphatic heterocycles. The monoisotopic (exact) mass is 437 g/mol. The summed E-state index contributed by atoms with van der Waals surface area (Å²) in [6.45, 7) is 1.48. The van der Waals surface area contributed by atoms with Crippen LogP contribution in [0.4, 0.5) is 20.7 Å². The molecule has 0 radical (unpaired) electrons. The number of aromatic nitrogens is 2. The molecule has 0 unspecified atom stereocenters. The fraction of sp³-hybridized carbons (Fsp3) is 0.273. The summed E-state index contributed by atoms with van der Waals surface area (Å²) in [5.41, 5.74) is 2.29. The second-order valence-electron chi connectivity index (χ2n) is 7.46. The van der Waals surface area contributed by atoms with Gasteiger partial charge in [-0.25, -0.2) is 14.2 Å². The molecule has 2 aromatic heterocycles. The van der Waals surface area contributed by atoms with Gasteiger partial charge in [0, 0.05) is 23.4 Å². The Morgan fingerprint density at radius 2 is 2.12 bits per heavy atom. The first-order chi connectivity index (χ1) is 15.7. The first-order valence-corrected chi connectivity index (χ1v) is 10.2. The van der Waals surface area contributed by atoms with E-state index in [1.807, 2.05) is 4.90 Å². The highest BCUT2D eigenvalue weighted by atomic mass is 19.1. The van der Waals surface area contributed by atoms with Crippen LogP contribution in [0.25, 0.3) is 11.1 Å². The molecule has 0 aliphatic carbocycles. The van der Waals surface area contributed by atoms with Gasteiger partial charge in [-0.05, 0) is 43.2 Å². The van der Waals surface area contributed by atoms with Crippen LogP contribution < -0.4 is 9.80 Å². The second kappa shape index (κ2) is 8.66. The molecule has 0 spiro atoms. The van der Waals surface area contributed by atoms with Crippen molar-refractivity contribution in [1.82, 2.24) is 10.1 Å². The molecule has 1 aromatic carbocycles. The van der Waals surface area contributed by atoms with E-state index < -0.39 is 11.9 Å². The third kappa shape index (κ3) is 4.11.